The fourth-order valence-electron chi connectivity index (χ4n) is 2.34. The highest BCUT2D eigenvalue weighted by molar-refractivity contribution is 9.10. The lowest BCUT2D eigenvalue weighted by molar-refractivity contribution is -0.121. The van der Waals surface area contributed by atoms with E-state index in [1.807, 2.05) is 25.1 Å². The molecule has 0 spiro atoms. The molecular weight excluding hydrogens is 361 g/mol. The molecule has 2 aromatic carbocycles. The predicted octanol–water partition coefficient (Wildman–Crippen LogP) is 4.41. The monoisotopic (exact) mass is 379 g/mol. The van der Waals surface area contributed by atoms with Crippen molar-refractivity contribution in [3.63, 3.8) is 0 Å². The Balaban J connectivity index is 1.92. The Hall–Kier alpha value is -1.88. The van der Waals surface area contributed by atoms with E-state index in [4.69, 9.17) is 4.74 Å². The molecule has 0 fully saturated rings. The molecule has 2 rings (SSSR count). The molecule has 23 heavy (non-hydrogen) atoms. The van der Waals surface area contributed by atoms with E-state index >= 15 is 0 Å². The summed E-state index contributed by atoms with van der Waals surface area (Å²) in [6.07, 6.45) is 0.349. The number of carbonyl (C=O) groups excluding carboxylic acids is 1. The first-order valence-electron chi connectivity index (χ1n) is 7.34. The Labute approximate surface area is 144 Å². The first-order valence-corrected chi connectivity index (χ1v) is 8.13. The van der Waals surface area contributed by atoms with Gasteiger partial charge in [0.1, 0.15) is 11.6 Å². The summed E-state index contributed by atoms with van der Waals surface area (Å²) in [5.74, 6) is 0.441. The topological polar surface area (TPSA) is 38.3 Å². The average Bonchev–Trinajstić information content (AvgIpc) is 2.53. The van der Waals surface area contributed by atoms with Gasteiger partial charge >= 0.3 is 0 Å². The number of hydrogen-bond acceptors (Lipinski definition) is 2. The van der Waals surface area contributed by atoms with Gasteiger partial charge in [0.15, 0.2) is 0 Å². The minimum Gasteiger partial charge on any atom is -0.496 e. The number of nitrogens with one attached hydrogen (secondary N) is 1. The van der Waals surface area contributed by atoms with E-state index < -0.39 is 0 Å². The van der Waals surface area contributed by atoms with E-state index in [-0.39, 0.29) is 17.6 Å². The Kier molecular flexibility index (Phi) is 6.16. The van der Waals surface area contributed by atoms with Crippen LogP contribution in [0.2, 0.25) is 0 Å². The molecule has 0 bridgehead atoms. The number of benzene rings is 2. The highest BCUT2D eigenvalue weighted by atomic mass is 79.9. The molecule has 2 aromatic rings. The van der Waals surface area contributed by atoms with Crippen molar-refractivity contribution in [1.82, 2.24) is 5.32 Å². The SMILES string of the molecule is COc1ccc(Br)cc1CNC(=O)CC(C)c1ccc(F)cc1. The molecule has 1 atom stereocenters. The molecular formula is C18H19BrFNO2. The minimum absolute atomic E-state index is 0.0278. The average molecular weight is 380 g/mol. The molecule has 1 unspecified atom stereocenters. The first kappa shape index (κ1) is 17.5. The third kappa shape index (κ3) is 5.06. The summed E-state index contributed by atoms with van der Waals surface area (Å²) in [6, 6.07) is 11.9. The van der Waals surface area contributed by atoms with Crippen molar-refractivity contribution in [2.24, 2.45) is 0 Å². The maximum atomic E-state index is 12.9. The summed E-state index contributed by atoms with van der Waals surface area (Å²) in [5, 5.41) is 2.90. The largest absolute Gasteiger partial charge is 0.496 e. The molecule has 3 nitrogen and oxygen atoms in total. The fraction of sp³-hybridized carbons (Fsp3) is 0.278. The summed E-state index contributed by atoms with van der Waals surface area (Å²) in [6.45, 7) is 2.35. The van der Waals surface area contributed by atoms with Crippen LogP contribution in [0, 0.1) is 5.82 Å². The standard InChI is InChI=1S/C18H19BrFNO2/c1-12(13-3-6-16(20)7-4-13)9-18(22)21-11-14-10-15(19)5-8-17(14)23-2/h3-8,10,12H,9,11H2,1-2H3,(H,21,22). The number of hydrogen-bond donors (Lipinski definition) is 1. The molecule has 1 N–H and O–H groups in total. The number of methoxy groups -OCH3 is 1. The van der Waals surface area contributed by atoms with Gasteiger partial charge in [0, 0.05) is 23.0 Å². The number of carbonyl (C=O) groups is 1. The second-order valence-corrected chi connectivity index (χ2v) is 6.31. The lowest BCUT2D eigenvalue weighted by atomic mass is 9.97. The highest BCUT2D eigenvalue weighted by Gasteiger charge is 2.12. The molecule has 0 aliphatic carbocycles. The molecule has 0 radical (unpaired) electrons. The van der Waals surface area contributed by atoms with Gasteiger partial charge in [-0.2, -0.15) is 0 Å². The van der Waals surface area contributed by atoms with Gasteiger partial charge in [-0.25, -0.2) is 4.39 Å². The highest BCUT2D eigenvalue weighted by Crippen LogP contribution is 2.23. The Morgan fingerprint density at radius 3 is 2.61 bits per heavy atom. The van der Waals surface area contributed by atoms with Crippen LogP contribution in [0.4, 0.5) is 4.39 Å². The van der Waals surface area contributed by atoms with E-state index in [2.05, 4.69) is 21.2 Å². The van der Waals surface area contributed by atoms with Crippen molar-refractivity contribution in [3.05, 3.63) is 63.9 Å². The summed E-state index contributed by atoms with van der Waals surface area (Å²) in [7, 11) is 1.60. The molecule has 1 amide bonds. The van der Waals surface area contributed by atoms with Crippen LogP contribution in [0.15, 0.2) is 46.9 Å². The zero-order valence-electron chi connectivity index (χ0n) is 13.1. The zero-order valence-corrected chi connectivity index (χ0v) is 14.7. The van der Waals surface area contributed by atoms with Crippen LogP contribution in [-0.2, 0) is 11.3 Å². The number of ether oxygens (including phenoxy) is 1. The van der Waals surface area contributed by atoms with E-state index in [9.17, 15) is 9.18 Å². The molecule has 5 heteroatoms. The lowest BCUT2D eigenvalue weighted by Crippen LogP contribution is -2.24. The molecule has 0 saturated heterocycles. The van der Waals surface area contributed by atoms with E-state index in [0.29, 0.717) is 13.0 Å². The zero-order chi connectivity index (χ0) is 16.8. The van der Waals surface area contributed by atoms with E-state index in [0.717, 1.165) is 21.3 Å². The maximum Gasteiger partial charge on any atom is 0.220 e. The van der Waals surface area contributed by atoms with Gasteiger partial charge < -0.3 is 10.1 Å². The Bertz CT molecular complexity index is 673. The van der Waals surface area contributed by atoms with E-state index in [1.165, 1.54) is 12.1 Å². The van der Waals surface area contributed by atoms with Gasteiger partial charge in [-0.1, -0.05) is 35.0 Å². The smallest absolute Gasteiger partial charge is 0.220 e. The van der Waals surface area contributed by atoms with Crippen LogP contribution in [0.25, 0.3) is 0 Å². The molecule has 0 heterocycles. The Morgan fingerprint density at radius 1 is 1.26 bits per heavy atom. The Morgan fingerprint density at radius 2 is 1.96 bits per heavy atom. The second-order valence-electron chi connectivity index (χ2n) is 5.39. The predicted molar refractivity (Wildman–Crippen MR) is 92.0 cm³/mol. The van der Waals surface area contributed by atoms with Crippen molar-refractivity contribution in [1.29, 1.82) is 0 Å². The third-order valence-corrected chi connectivity index (χ3v) is 4.14. The summed E-state index contributed by atoms with van der Waals surface area (Å²) in [5.41, 5.74) is 1.85. The molecule has 0 aliphatic rings. The van der Waals surface area contributed by atoms with Crippen molar-refractivity contribution in [2.45, 2.75) is 25.8 Å². The van der Waals surface area contributed by atoms with E-state index in [1.54, 1.807) is 19.2 Å². The van der Waals surface area contributed by atoms with Crippen LogP contribution < -0.4 is 10.1 Å². The fourth-order valence-corrected chi connectivity index (χ4v) is 2.75. The van der Waals surface area contributed by atoms with Gasteiger partial charge in [-0.3, -0.25) is 4.79 Å². The van der Waals surface area contributed by atoms with Crippen LogP contribution in [0.5, 0.6) is 5.75 Å². The van der Waals surface area contributed by atoms with Crippen molar-refractivity contribution >= 4 is 21.8 Å². The van der Waals surface area contributed by atoms with Crippen LogP contribution >= 0.6 is 15.9 Å². The second kappa shape index (κ2) is 8.11. The summed E-state index contributed by atoms with van der Waals surface area (Å²) in [4.78, 5) is 12.1. The van der Waals surface area contributed by atoms with Crippen molar-refractivity contribution in [3.8, 4) is 5.75 Å². The van der Waals surface area contributed by atoms with Crippen LogP contribution in [-0.4, -0.2) is 13.0 Å². The summed E-state index contributed by atoms with van der Waals surface area (Å²) >= 11 is 3.41. The summed E-state index contributed by atoms with van der Waals surface area (Å²) < 4.78 is 19.1. The van der Waals surface area contributed by atoms with Gasteiger partial charge in [-0.05, 0) is 41.8 Å². The molecule has 0 aromatic heterocycles. The number of rotatable bonds is 6. The van der Waals surface area contributed by atoms with Gasteiger partial charge in [0.2, 0.25) is 5.91 Å². The molecule has 0 aliphatic heterocycles. The quantitative estimate of drug-likeness (QED) is 0.807. The normalized spacial score (nSPS) is 11.8. The van der Waals surface area contributed by atoms with Crippen LogP contribution in [0.1, 0.15) is 30.4 Å². The minimum atomic E-state index is -0.271. The van der Waals surface area contributed by atoms with Gasteiger partial charge in [0.05, 0.1) is 7.11 Å². The van der Waals surface area contributed by atoms with Gasteiger partial charge in [0.25, 0.3) is 0 Å². The van der Waals surface area contributed by atoms with Crippen LogP contribution in [0.3, 0.4) is 0 Å². The first-order chi connectivity index (χ1) is 11.0. The van der Waals surface area contributed by atoms with Crippen molar-refractivity contribution in [2.75, 3.05) is 7.11 Å². The molecule has 122 valence electrons. The maximum absolute atomic E-state index is 12.9. The molecule has 0 saturated carbocycles. The lowest BCUT2D eigenvalue weighted by Gasteiger charge is -2.13. The van der Waals surface area contributed by atoms with Crippen molar-refractivity contribution < 1.29 is 13.9 Å². The number of halogens is 2. The van der Waals surface area contributed by atoms with Gasteiger partial charge in [-0.15, -0.1) is 0 Å². The number of amides is 1. The third-order valence-electron chi connectivity index (χ3n) is 3.65.